The zero-order chi connectivity index (χ0) is 39.6. The molecule has 8 aromatic carbocycles. The van der Waals surface area contributed by atoms with E-state index in [0.29, 0.717) is 29.1 Å². The summed E-state index contributed by atoms with van der Waals surface area (Å²) in [5.41, 5.74) is 8.64. The van der Waals surface area contributed by atoms with E-state index in [9.17, 15) is 0 Å². The van der Waals surface area contributed by atoms with Crippen molar-refractivity contribution in [1.82, 2.24) is 15.0 Å². The molecular formula is C51H32N6O3. The second kappa shape index (κ2) is 13.6. The van der Waals surface area contributed by atoms with Crippen molar-refractivity contribution < 1.29 is 14.2 Å². The number of rotatable bonds is 5. The molecule has 0 spiro atoms. The van der Waals surface area contributed by atoms with Gasteiger partial charge in [-0.3, -0.25) is 4.90 Å². The molecule has 0 N–H and O–H groups in total. The lowest BCUT2D eigenvalue weighted by molar-refractivity contribution is 0.476. The first-order valence-electron chi connectivity index (χ1n) is 19.7. The molecule has 9 nitrogen and oxygen atoms in total. The smallest absolute Gasteiger partial charge is 0.239 e. The van der Waals surface area contributed by atoms with Crippen molar-refractivity contribution in [2.45, 2.75) is 0 Å². The van der Waals surface area contributed by atoms with Crippen LogP contribution in [0, 0.1) is 0 Å². The number of hydrogen-bond acceptors (Lipinski definition) is 9. The van der Waals surface area contributed by atoms with Crippen LogP contribution in [-0.4, -0.2) is 15.0 Å². The molecule has 0 aliphatic carbocycles. The number of benzene rings is 8. The van der Waals surface area contributed by atoms with Crippen molar-refractivity contribution in [2.24, 2.45) is 0 Å². The van der Waals surface area contributed by atoms with Crippen LogP contribution in [0.3, 0.4) is 0 Å². The summed E-state index contributed by atoms with van der Waals surface area (Å²) in [6, 6.07) is 64.7. The highest BCUT2D eigenvalue weighted by molar-refractivity contribution is 5.95. The fourth-order valence-corrected chi connectivity index (χ4v) is 8.27. The molecule has 0 amide bonds. The van der Waals surface area contributed by atoms with Crippen molar-refractivity contribution in [3.63, 3.8) is 0 Å². The number of hydrogen-bond donors (Lipinski definition) is 0. The maximum Gasteiger partial charge on any atom is 0.239 e. The van der Waals surface area contributed by atoms with Crippen LogP contribution in [0.2, 0.25) is 0 Å². The van der Waals surface area contributed by atoms with Gasteiger partial charge in [0.1, 0.15) is 0 Å². The molecule has 3 aliphatic heterocycles. The van der Waals surface area contributed by atoms with Gasteiger partial charge >= 0.3 is 0 Å². The van der Waals surface area contributed by atoms with Gasteiger partial charge in [0.25, 0.3) is 0 Å². The molecule has 284 valence electrons. The molecule has 3 aliphatic rings. The van der Waals surface area contributed by atoms with E-state index in [1.807, 2.05) is 146 Å². The molecule has 0 saturated heterocycles. The predicted molar refractivity (Wildman–Crippen MR) is 235 cm³/mol. The summed E-state index contributed by atoms with van der Waals surface area (Å²) in [5.74, 6) is 5.83. The fourth-order valence-electron chi connectivity index (χ4n) is 8.27. The minimum Gasteiger partial charge on any atom is -0.453 e. The van der Waals surface area contributed by atoms with Gasteiger partial charge in [-0.1, -0.05) is 97.1 Å². The lowest BCUT2D eigenvalue weighted by Crippen LogP contribution is -2.20. The first-order chi connectivity index (χ1) is 29.8. The lowest BCUT2D eigenvalue weighted by atomic mass is 10.1. The van der Waals surface area contributed by atoms with Crippen molar-refractivity contribution in [1.29, 1.82) is 0 Å². The highest BCUT2D eigenvalue weighted by atomic mass is 16.5. The third-order valence-corrected chi connectivity index (χ3v) is 10.9. The number of aromatic nitrogens is 3. The molecule has 0 saturated carbocycles. The molecule has 1 aromatic heterocycles. The van der Waals surface area contributed by atoms with Crippen molar-refractivity contribution >= 4 is 51.4 Å². The van der Waals surface area contributed by atoms with E-state index < -0.39 is 0 Å². The predicted octanol–water partition coefficient (Wildman–Crippen LogP) is 13.9. The Morgan fingerprint density at radius 3 is 0.817 bits per heavy atom. The van der Waals surface area contributed by atoms with Crippen LogP contribution in [0.15, 0.2) is 194 Å². The number of para-hydroxylation sites is 14. The summed E-state index contributed by atoms with van der Waals surface area (Å²) >= 11 is 0. The number of fused-ring (bicyclic) bond motifs is 6. The number of ether oxygens (including phenoxy) is 3. The molecule has 0 unspecified atom stereocenters. The number of nitrogens with zero attached hydrogens (tertiary/aromatic N) is 6. The molecular weight excluding hydrogens is 745 g/mol. The van der Waals surface area contributed by atoms with Gasteiger partial charge in [-0.2, -0.15) is 9.97 Å². The molecule has 0 atom stereocenters. The normalized spacial score (nSPS) is 13.0. The fraction of sp³-hybridized carbons (Fsp3) is 0. The average Bonchev–Trinajstić information content (AvgIpc) is 3.31. The Morgan fingerprint density at radius 2 is 0.500 bits per heavy atom. The monoisotopic (exact) mass is 776 g/mol. The average molecular weight is 777 g/mol. The maximum atomic E-state index is 6.44. The highest BCUT2D eigenvalue weighted by Gasteiger charge is 2.33. The third-order valence-electron chi connectivity index (χ3n) is 10.9. The minimum absolute atomic E-state index is 0.438. The van der Waals surface area contributed by atoms with E-state index in [0.717, 1.165) is 79.6 Å². The molecule has 4 heterocycles. The Balaban J connectivity index is 1.12. The summed E-state index contributed by atoms with van der Waals surface area (Å²) in [6.45, 7) is 0. The van der Waals surface area contributed by atoms with Gasteiger partial charge in [-0.25, -0.2) is 4.98 Å². The summed E-state index contributed by atoms with van der Waals surface area (Å²) in [5, 5.41) is 0. The summed E-state index contributed by atoms with van der Waals surface area (Å²) in [6.07, 6.45) is 0. The minimum atomic E-state index is 0.438. The van der Waals surface area contributed by atoms with E-state index >= 15 is 0 Å². The lowest BCUT2D eigenvalue weighted by Gasteiger charge is -2.34. The highest BCUT2D eigenvalue weighted by Crippen LogP contribution is 2.55. The van der Waals surface area contributed by atoms with Crippen molar-refractivity contribution in [2.75, 3.05) is 14.7 Å². The van der Waals surface area contributed by atoms with Gasteiger partial charge in [0, 0.05) is 11.1 Å². The quantitative estimate of drug-likeness (QED) is 0.170. The Morgan fingerprint density at radius 1 is 0.250 bits per heavy atom. The molecule has 60 heavy (non-hydrogen) atoms. The van der Waals surface area contributed by atoms with Crippen molar-refractivity contribution in [3.8, 4) is 57.3 Å². The first-order valence-corrected chi connectivity index (χ1v) is 19.7. The van der Waals surface area contributed by atoms with Gasteiger partial charge in [0.05, 0.1) is 45.5 Å². The van der Waals surface area contributed by atoms with Crippen LogP contribution in [-0.2, 0) is 0 Å². The van der Waals surface area contributed by atoms with Crippen LogP contribution in [0.5, 0.6) is 34.5 Å². The van der Waals surface area contributed by atoms with Crippen LogP contribution >= 0.6 is 0 Å². The van der Waals surface area contributed by atoms with Gasteiger partial charge in [-0.05, 0) is 97.1 Å². The van der Waals surface area contributed by atoms with Crippen LogP contribution in [0.4, 0.5) is 51.4 Å². The third kappa shape index (κ3) is 5.37. The van der Waals surface area contributed by atoms with E-state index in [4.69, 9.17) is 29.2 Å². The Hall–Kier alpha value is -8.43. The van der Waals surface area contributed by atoms with Crippen LogP contribution in [0.25, 0.3) is 22.8 Å². The Labute approximate surface area is 345 Å². The van der Waals surface area contributed by atoms with E-state index in [-0.39, 0.29) is 0 Å². The zero-order valence-electron chi connectivity index (χ0n) is 31.9. The molecule has 9 heteroatoms. The SMILES string of the molecule is c1ccc2c(c1)Oc1ccccc1N2c1nc(-c2ccccc2N2c3ccccc3Oc3ccccc32)nc(-c2ccccc2N2c3ccccc3Oc3ccccc32)n1. The molecule has 12 rings (SSSR count). The summed E-state index contributed by atoms with van der Waals surface area (Å²) < 4.78 is 19.3. The largest absolute Gasteiger partial charge is 0.453 e. The van der Waals surface area contributed by atoms with Crippen LogP contribution in [0.1, 0.15) is 0 Å². The summed E-state index contributed by atoms with van der Waals surface area (Å²) in [7, 11) is 0. The molecule has 0 fully saturated rings. The van der Waals surface area contributed by atoms with Crippen molar-refractivity contribution in [3.05, 3.63) is 194 Å². The Kier molecular flexibility index (Phi) is 7.64. The molecule has 9 aromatic rings. The summed E-state index contributed by atoms with van der Waals surface area (Å²) in [4.78, 5) is 22.7. The second-order valence-corrected chi connectivity index (χ2v) is 14.4. The standard InChI is InChI=1S/C51H32N6O3/c1-3-19-35(55-37-21-5-11-27-43(37)58-44-28-12-6-22-38(44)55)33(17-1)49-52-50(54-51(53-49)57-41-25-9-15-31-47(41)60-48-32-16-10-26-42(48)57)34-18-2-4-20-36(34)56-39-23-7-13-29-45(39)59-46-30-14-8-24-40(46)56/h1-32H. The first kappa shape index (κ1) is 33.7. The zero-order valence-corrected chi connectivity index (χ0v) is 31.9. The maximum absolute atomic E-state index is 6.44. The van der Waals surface area contributed by atoms with E-state index in [1.54, 1.807) is 0 Å². The molecule has 0 radical (unpaired) electrons. The second-order valence-electron chi connectivity index (χ2n) is 14.4. The van der Waals surface area contributed by atoms with Gasteiger partial charge in [0.2, 0.25) is 5.95 Å². The molecule has 0 bridgehead atoms. The van der Waals surface area contributed by atoms with E-state index in [1.165, 1.54) is 0 Å². The van der Waals surface area contributed by atoms with Gasteiger partial charge in [-0.15, -0.1) is 0 Å². The van der Waals surface area contributed by atoms with E-state index in [2.05, 4.69) is 63.2 Å². The number of anilines is 9. The topological polar surface area (TPSA) is 76.1 Å². The van der Waals surface area contributed by atoms with Gasteiger partial charge < -0.3 is 24.0 Å². The van der Waals surface area contributed by atoms with Crippen LogP contribution < -0.4 is 28.9 Å². The van der Waals surface area contributed by atoms with Gasteiger partial charge in [0.15, 0.2) is 46.1 Å². The Bertz CT molecular complexity index is 2860.